The van der Waals surface area contributed by atoms with Crippen molar-refractivity contribution in [2.75, 3.05) is 12.0 Å². The molecular weight excluding hydrogens is 474 g/mol. The summed E-state index contributed by atoms with van der Waals surface area (Å²) in [7, 11) is 1.30. The molecule has 0 radical (unpaired) electrons. The highest BCUT2D eigenvalue weighted by Crippen LogP contribution is 2.48. The molecule has 3 aliphatic heterocycles. The number of non-ortho nitro benzene ring substituents is 2. The van der Waals surface area contributed by atoms with Gasteiger partial charge in [0.25, 0.3) is 11.4 Å². The van der Waals surface area contributed by atoms with E-state index in [9.17, 15) is 34.6 Å². The van der Waals surface area contributed by atoms with Crippen molar-refractivity contribution in [2.45, 2.75) is 12.1 Å². The number of allylic oxidation sites excluding steroid dienone is 1. The molecule has 2 aromatic rings. The zero-order chi connectivity index (χ0) is 25.7. The van der Waals surface area contributed by atoms with Gasteiger partial charge in [0, 0.05) is 36.0 Å². The number of carbonyl (C=O) groups excluding carboxylic acids is 3. The Morgan fingerprint density at radius 2 is 1.69 bits per heavy atom. The number of carbonyl (C=O) groups is 3. The normalized spacial score (nSPS) is 24.0. The second-order valence-electron chi connectivity index (χ2n) is 8.31. The van der Waals surface area contributed by atoms with Gasteiger partial charge in [0.05, 0.1) is 34.8 Å². The van der Waals surface area contributed by atoms with Gasteiger partial charge in [-0.2, -0.15) is 5.10 Å². The van der Waals surface area contributed by atoms with E-state index in [0.29, 0.717) is 0 Å². The molecule has 4 atom stereocenters. The van der Waals surface area contributed by atoms with Crippen molar-refractivity contribution in [2.24, 2.45) is 16.9 Å². The van der Waals surface area contributed by atoms with Crippen LogP contribution in [-0.4, -0.2) is 57.9 Å². The number of anilines is 1. The monoisotopic (exact) mass is 491 g/mol. The number of fused-ring (bicyclic) bond motifs is 3. The van der Waals surface area contributed by atoms with E-state index in [2.05, 4.69) is 5.10 Å². The number of hydrogen-bond acceptors (Lipinski definition) is 10. The number of rotatable bonds is 6. The summed E-state index contributed by atoms with van der Waals surface area (Å²) >= 11 is 0. The van der Waals surface area contributed by atoms with Crippen LogP contribution in [0.3, 0.4) is 0 Å². The number of hydrogen-bond donors (Lipinski definition) is 0. The first-order valence-electron chi connectivity index (χ1n) is 10.7. The lowest BCUT2D eigenvalue weighted by Crippen LogP contribution is -2.46. The van der Waals surface area contributed by atoms with Crippen LogP contribution in [0.15, 0.2) is 59.7 Å². The maximum absolute atomic E-state index is 13.7. The van der Waals surface area contributed by atoms with E-state index in [1.165, 1.54) is 48.7 Å². The molecule has 36 heavy (non-hydrogen) atoms. The molecule has 0 bridgehead atoms. The van der Waals surface area contributed by atoms with Crippen LogP contribution in [0.2, 0.25) is 0 Å². The van der Waals surface area contributed by atoms with E-state index in [1.54, 1.807) is 12.2 Å². The molecule has 13 heteroatoms. The molecule has 2 amide bonds. The Morgan fingerprint density at radius 3 is 2.39 bits per heavy atom. The van der Waals surface area contributed by atoms with Crippen LogP contribution in [0.4, 0.5) is 17.1 Å². The highest BCUT2D eigenvalue weighted by atomic mass is 16.6. The van der Waals surface area contributed by atoms with Crippen molar-refractivity contribution >= 4 is 40.9 Å². The number of methoxy groups -OCH3 is 1. The highest BCUT2D eigenvalue weighted by Gasteiger charge is 2.64. The molecule has 0 N–H and O–H groups in total. The minimum atomic E-state index is -1.23. The number of nitrogens with zero attached hydrogens (tertiary/aromatic N) is 5. The quantitative estimate of drug-likeness (QED) is 0.254. The number of imide groups is 1. The molecule has 182 valence electrons. The van der Waals surface area contributed by atoms with Crippen molar-refractivity contribution in [3.05, 3.63) is 80.4 Å². The van der Waals surface area contributed by atoms with E-state index >= 15 is 0 Å². The maximum atomic E-state index is 13.7. The van der Waals surface area contributed by atoms with Crippen molar-refractivity contribution in [1.29, 1.82) is 0 Å². The third-order valence-corrected chi connectivity index (χ3v) is 6.52. The Morgan fingerprint density at radius 1 is 1.00 bits per heavy atom. The summed E-state index contributed by atoms with van der Waals surface area (Å²) in [6.07, 6.45) is 4.65. The average Bonchev–Trinajstić information content (AvgIpc) is 3.35. The standard InChI is InChI=1S/C23H17N5O8/c1-36-17-8-7-14(28(34)35)11-16(17)25-22(30)18-15-6-3-9-24-26(15)20(19(18)23(25)31)21(29)12-4-2-5-13(10-12)27(32)33/h2-11,15,18-20H,1H3/t15-,18+,19+,20+/m1/s1. The van der Waals surface area contributed by atoms with Gasteiger partial charge < -0.3 is 4.74 Å². The summed E-state index contributed by atoms with van der Waals surface area (Å²) in [5.41, 5.74) is -0.764. The molecule has 0 unspecified atom stereocenters. The first-order chi connectivity index (χ1) is 17.2. The molecule has 3 aliphatic rings. The van der Waals surface area contributed by atoms with Crippen LogP contribution in [-0.2, 0) is 9.59 Å². The minimum absolute atomic E-state index is 0.00928. The highest BCUT2D eigenvalue weighted by molar-refractivity contribution is 6.25. The lowest BCUT2D eigenvalue weighted by atomic mass is 9.86. The predicted octanol–water partition coefficient (Wildman–Crippen LogP) is 2.11. The predicted molar refractivity (Wildman–Crippen MR) is 124 cm³/mol. The summed E-state index contributed by atoms with van der Waals surface area (Å²) < 4.78 is 5.25. The largest absolute Gasteiger partial charge is 0.495 e. The first kappa shape index (κ1) is 22.8. The molecule has 2 aromatic carbocycles. The Hall–Kier alpha value is -4.94. The van der Waals surface area contributed by atoms with Crippen LogP contribution in [0.5, 0.6) is 5.75 Å². The van der Waals surface area contributed by atoms with Gasteiger partial charge >= 0.3 is 0 Å². The van der Waals surface area contributed by atoms with Crippen molar-refractivity contribution in [3.8, 4) is 5.75 Å². The van der Waals surface area contributed by atoms with Gasteiger partial charge in [-0.25, -0.2) is 4.90 Å². The number of nitro groups is 2. The van der Waals surface area contributed by atoms with E-state index in [4.69, 9.17) is 4.74 Å². The van der Waals surface area contributed by atoms with E-state index in [-0.39, 0.29) is 28.4 Å². The summed E-state index contributed by atoms with van der Waals surface area (Å²) in [6, 6.07) is 6.66. The Kier molecular flexibility index (Phi) is 5.31. The smallest absolute Gasteiger partial charge is 0.271 e. The molecule has 0 aromatic heterocycles. The Bertz CT molecular complexity index is 1400. The molecule has 2 saturated heterocycles. The second-order valence-corrected chi connectivity index (χ2v) is 8.31. The summed E-state index contributed by atoms with van der Waals surface area (Å²) in [4.78, 5) is 63.0. The zero-order valence-electron chi connectivity index (χ0n) is 18.6. The maximum Gasteiger partial charge on any atom is 0.271 e. The Labute approximate surface area is 202 Å². The SMILES string of the molecule is COc1ccc([N+](=O)[O-])cc1N1C(=O)[C@@H]2[C@H](C1=O)[C@@H](C(=O)c1cccc([N+](=O)[O-])c1)N1N=CC=C[C@H]21. The van der Waals surface area contributed by atoms with Crippen molar-refractivity contribution in [1.82, 2.24) is 5.01 Å². The van der Waals surface area contributed by atoms with Crippen LogP contribution >= 0.6 is 0 Å². The first-order valence-corrected chi connectivity index (χ1v) is 10.7. The molecule has 2 fully saturated rings. The van der Waals surface area contributed by atoms with Gasteiger partial charge in [-0.05, 0) is 12.1 Å². The summed E-state index contributed by atoms with van der Waals surface area (Å²) in [5, 5.41) is 28.2. The zero-order valence-corrected chi connectivity index (χ0v) is 18.6. The number of benzene rings is 2. The minimum Gasteiger partial charge on any atom is -0.495 e. The number of ketones is 1. The van der Waals surface area contributed by atoms with Gasteiger partial charge in [-0.3, -0.25) is 39.6 Å². The van der Waals surface area contributed by atoms with Gasteiger partial charge in [0.15, 0.2) is 5.78 Å². The summed E-state index contributed by atoms with van der Waals surface area (Å²) in [6.45, 7) is 0. The van der Waals surface area contributed by atoms with Gasteiger partial charge in [-0.15, -0.1) is 0 Å². The number of nitro benzene ring substituents is 2. The molecule has 5 rings (SSSR count). The van der Waals surface area contributed by atoms with Crippen LogP contribution in [0.1, 0.15) is 10.4 Å². The Balaban J connectivity index is 1.60. The molecule has 13 nitrogen and oxygen atoms in total. The van der Waals surface area contributed by atoms with Gasteiger partial charge in [0.1, 0.15) is 17.5 Å². The number of Topliss-reactive ketones (excluding diaryl/α,β-unsaturated/α-hetero) is 1. The number of hydrazone groups is 1. The summed E-state index contributed by atoms with van der Waals surface area (Å²) in [5.74, 6) is -4.14. The fraction of sp³-hybridized carbons (Fsp3) is 0.217. The third kappa shape index (κ3) is 3.32. The lowest BCUT2D eigenvalue weighted by Gasteiger charge is -2.30. The molecule has 3 heterocycles. The van der Waals surface area contributed by atoms with Crippen molar-refractivity contribution in [3.63, 3.8) is 0 Å². The molecule has 0 aliphatic carbocycles. The number of amides is 2. The van der Waals surface area contributed by atoms with Gasteiger partial charge in [-0.1, -0.05) is 18.2 Å². The number of ether oxygens (including phenoxy) is 1. The van der Waals surface area contributed by atoms with E-state index in [0.717, 1.165) is 17.0 Å². The third-order valence-electron chi connectivity index (χ3n) is 6.52. The average molecular weight is 491 g/mol. The topological polar surface area (TPSA) is 166 Å². The fourth-order valence-electron chi connectivity index (χ4n) is 4.98. The fourth-order valence-corrected chi connectivity index (χ4v) is 4.98. The van der Waals surface area contributed by atoms with Gasteiger partial charge in [0.2, 0.25) is 11.8 Å². The van der Waals surface area contributed by atoms with Crippen LogP contribution in [0, 0.1) is 32.1 Å². The van der Waals surface area contributed by atoms with E-state index in [1.807, 2.05) is 0 Å². The molecule has 0 spiro atoms. The second kappa shape index (κ2) is 8.37. The van der Waals surface area contributed by atoms with Crippen LogP contribution in [0.25, 0.3) is 0 Å². The lowest BCUT2D eigenvalue weighted by molar-refractivity contribution is -0.385. The van der Waals surface area contributed by atoms with E-state index < -0.39 is 51.4 Å². The van der Waals surface area contributed by atoms with Crippen molar-refractivity contribution < 1.29 is 29.0 Å². The molecular formula is C23H17N5O8. The van der Waals surface area contributed by atoms with Crippen LogP contribution < -0.4 is 9.64 Å². The molecule has 0 saturated carbocycles.